The van der Waals surface area contributed by atoms with Crippen molar-refractivity contribution in [2.45, 2.75) is 0 Å². The van der Waals surface area contributed by atoms with Crippen molar-refractivity contribution in [2.24, 2.45) is 0 Å². The summed E-state index contributed by atoms with van der Waals surface area (Å²) in [6.45, 7) is 0. The summed E-state index contributed by atoms with van der Waals surface area (Å²) in [5, 5.41) is 11.6. The first-order valence-corrected chi connectivity index (χ1v) is 6.09. The van der Waals surface area contributed by atoms with Gasteiger partial charge in [0.15, 0.2) is 0 Å². The maximum absolute atomic E-state index is 10.8. The summed E-state index contributed by atoms with van der Waals surface area (Å²) in [4.78, 5) is 13.7. The summed E-state index contributed by atoms with van der Waals surface area (Å²) >= 11 is 0. The number of non-ortho nitro benzene ring substituents is 1. The fraction of sp³-hybridized carbons (Fsp3) is 0.0667. The van der Waals surface area contributed by atoms with Crippen molar-refractivity contribution in [3.05, 3.63) is 58.6 Å². The summed E-state index contributed by atoms with van der Waals surface area (Å²) in [7, 11) is 1.62. The zero-order valence-electron chi connectivity index (χ0n) is 10.8. The van der Waals surface area contributed by atoms with Crippen molar-refractivity contribution in [2.75, 3.05) is 7.11 Å². The van der Waals surface area contributed by atoms with Crippen LogP contribution in [0.4, 0.5) is 5.69 Å². The predicted molar refractivity (Wildman–Crippen MR) is 76.9 cm³/mol. The molecule has 0 atom stereocenters. The number of fused-ring (bicyclic) bond motifs is 1. The van der Waals surface area contributed by atoms with Crippen molar-refractivity contribution in [1.29, 1.82) is 0 Å². The molecule has 0 fully saturated rings. The van der Waals surface area contributed by atoms with Crippen molar-refractivity contribution in [3.63, 3.8) is 0 Å². The molecule has 0 aliphatic carbocycles. The van der Waals surface area contributed by atoms with Gasteiger partial charge in [-0.2, -0.15) is 0 Å². The Kier molecular flexibility index (Phi) is 2.87. The maximum Gasteiger partial charge on any atom is 0.270 e. The van der Waals surface area contributed by atoms with Crippen LogP contribution in [0.1, 0.15) is 0 Å². The Bertz CT molecular complexity index is 793. The van der Waals surface area contributed by atoms with Gasteiger partial charge in [0, 0.05) is 28.6 Å². The second kappa shape index (κ2) is 4.70. The van der Waals surface area contributed by atoms with E-state index in [4.69, 9.17) is 4.74 Å². The minimum absolute atomic E-state index is 0.0862. The third kappa shape index (κ3) is 1.99. The second-order valence-corrected chi connectivity index (χ2v) is 4.41. The minimum Gasteiger partial charge on any atom is -0.496 e. The Morgan fingerprint density at radius 1 is 1.15 bits per heavy atom. The molecule has 0 aliphatic rings. The fourth-order valence-electron chi connectivity index (χ4n) is 2.25. The van der Waals surface area contributed by atoms with E-state index in [0.29, 0.717) is 0 Å². The van der Waals surface area contributed by atoms with E-state index in [0.717, 1.165) is 27.9 Å². The number of aromatic amines is 1. The number of ether oxygens (including phenoxy) is 1. The number of benzene rings is 2. The molecule has 1 heterocycles. The lowest BCUT2D eigenvalue weighted by atomic mass is 10.1. The fourth-order valence-corrected chi connectivity index (χ4v) is 2.25. The Labute approximate surface area is 115 Å². The number of nitrogens with one attached hydrogen (secondary N) is 1. The van der Waals surface area contributed by atoms with Crippen LogP contribution in [-0.2, 0) is 0 Å². The maximum atomic E-state index is 10.8. The molecule has 0 amide bonds. The SMILES string of the molecule is COc1ccccc1-c1cc2cc([N+](=O)[O-])ccc2[nH]1. The number of H-pyrrole nitrogens is 1. The Morgan fingerprint density at radius 3 is 2.70 bits per heavy atom. The van der Waals surface area contributed by atoms with Gasteiger partial charge in [0.1, 0.15) is 5.75 Å². The molecule has 0 radical (unpaired) electrons. The molecule has 0 unspecified atom stereocenters. The standard InChI is InChI=1S/C15H12N2O3/c1-20-15-5-3-2-4-12(15)14-9-10-8-11(17(18)19)6-7-13(10)16-14/h2-9,16H,1H3. The first-order valence-electron chi connectivity index (χ1n) is 6.09. The number of aromatic nitrogens is 1. The molecule has 2 aromatic carbocycles. The van der Waals surface area contributed by atoms with E-state index in [1.807, 2.05) is 30.3 Å². The quantitative estimate of drug-likeness (QED) is 0.581. The molecular formula is C15H12N2O3. The number of rotatable bonds is 3. The number of hydrogen-bond donors (Lipinski definition) is 1. The van der Waals surface area contributed by atoms with E-state index >= 15 is 0 Å². The van der Waals surface area contributed by atoms with Gasteiger partial charge in [-0.1, -0.05) is 12.1 Å². The van der Waals surface area contributed by atoms with Gasteiger partial charge >= 0.3 is 0 Å². The molecule has 20 heavy (non-hydrogen) atoms. The number of nitrogens with zero attached hydrogens (tertiary/aromatic N) is 1. The smallest absolute Gasteiger partial charge is 0.270 e. The van der Waals surface area contributed by atoms with E-state index < -0.39 is 4.92 Å². The van der Waals surface area contributed by atoms with E-state index in [1.54, 1.807) is 19.2 Å². The predicted octanol–water partition coefficient (Wildman–Crippen LogP) is 3.75. The summed E-state index contributed by atoms with van der Waals surface area (Å²) in [5.74, 6) is 0.758. The molecule has 1 N–H and O–H groups in total. The summed E-state index contributed by atoms with van der Waals surface area (Å²) in [5.41, 5.74) is 2.74. The number of methoxy groups -OCH3 is 1. The monoisotopic (exact) mass is 268 g/mol. The van der Waals surface area contributed by atoms with E-state index in [1.165, 1.54) is 6.07 Å². The number of nitro groups is 1. The van der Waals surface area contributed by atoms with Gasteiger partial charge in [-0.05, 0) is 24.3 Å². The number of para-hydroxylation sites is 1. The zero-order valence-corrected chi connectivity index (χ0v) is 10.8. The molecule has 0 saturated carbocycles. The molecule has 0 aliphatic heterocycles. The van der Waals surface area contributed by atoms with E-state index in [2.05, 4.69) is 4.98 Å². The third-order valence-electron chi connectivity index (χ3n) is 3.21. The highest BCUT2D eigenvalue weighted by atomic mass is 16.6. The number of nitro benzene ring substituents is 1. The highest BCUT2D eigenvalue weighted by molar-refractivity contribution is 5.88. The van der Waals surface area contributed by atoms with Gasteiger partial charge in [-0.15, -0.1) is 0 Å². The average Bonchev–Trinajstić information content (AvgIpc) is 2.89. The van der Waals surface area contributed by atoms with Gasteiger partial charge in [0.05, 0.1) is 17.7 Å². The molecule has 0 spiro atoms. The highest BCUT2D eigenvalue weighted by Gasteiger charge is 2.11. The van der Waals surface area contributed by atoms with Crippen molar-refractivity contribution < 1.29 is 9.66 Å². The Hall–Kier alpha value is -2.82. The average molecular weight is 268 g/mol. The molecular weight excluding hydrogens is 256 g/mol. The van der Waals surface area contributed by atoms with Crippen LogP contribution < -0.4 is 4.74 Å². The van der Waals surface area contributed by atoms with Crippen LogP contribution in [0.25, 0.3) is 22.2 Å². The van der Waals surface area contributed by atoms with E-state index in [-0.39, 0.29) is 5.69 Å². The zero-order chi connectivity index (χ0) is 14.1. The molecule has 100 valence electrons. The Morgan fingerprint density at radius 2 is 1.95 bits per heavy atom. The van der Waals surface area contributed by atoms with Crippen LogP contribution in [0.3, 0.4) is 0 Å². The van der Waals surface area contributed by atoms with Gasteiger partial charge in [0.25, 0.3) is 5.69 Å². The van der Waals surface area contributed by atoms with Crippen LogP contribution in [0, 0.1) is 10.1 Å². The topological polar surface area (TPSA) is 68.2 Å². The molecule has 5 heteroatoms. The summed E-state index contributed by atoms with van der Waals surface area (Å²) in [6, 6.07) is 14.3. The first kappa shape index (κ1) is 12.2. The molecule has 3 aromatic rings. The third-order valence-corrected chi connectivity index (χ3v) is 3.21. The van der Waals surface area contributed by atoms with Crippen molar-refractivity contribution in [1.82, 2.24) is 4.98 Å². The van der Waals surface area contributed by atoms with Gasteiger partial charge < -0.3 is 9.72 Å². The van der Waals surface area contributed by atoms with Crippen LogP contribution in [0.15, 0.2) is 48.5 Å². The summed E-state index contributed by atoms with van der Waals surface area (Å²) < 4.78 is 5.33. The van der Waals surface area contributed by atoms with Gasteiger partial charge in [-0.25, -0.2) is 0 Å². The highest BCUT2D eigenvalue weighted by Crippen LogP contribution is 2.32. The van der Waals surface area contributed by atoms with Crippen molar-refractivity contribution >= 4 is 16.6 Å². The van der Waals surface area contributed by atoms with Crippen LogP contribution >= 0.6 is 0 Å². The van der Waals surface area contributed by atoms with Gasteiger partial charge in [0.2, 0.25) is 0 Å². The molecule has 3 rings (SSSR count). The van der Waals surface area contributed by atoms with Gasteiger partial charge in [-0.3, -0.25) is 10.1 Å². The lowest BCUT2D eigenvalue weighted by Gasteiger charge is -2.05. The molecule has 1 aromatic heterocycles. The van der Waals surface area contributed by atoms with E-state index in [9.17, 15) is 10.1 Å². The van der Waals surface area contributed by atoms with Crippen LogP contribution in [-0.4, -0.2) is 17.0 Å². The lowest BCUT2D eigenvalue weighted by Crippen LogP contribution is -1.86. The lowest BCUT2D eigenvalue weighted by molar-refractivity contribution is -0.384. The second-order valence-electron chi connectivity index (χ2n) is 4.41. The normalized spacial score (nSPS) is 10.7. The van der Waals surface area contributed by atoms with Crippen LogP contribution in [0.5, 0.6) is 5.75 Å². The molecule has 0 saturated heterocycles. The van der Waals surface area contributed by atoms with Crippen molar-refractivity contribution in [3.8, 4) is 17.0 Å². The number of hydrogen-bond acceptors (Lipinski definition) is 3. The minimum atomic E-state index is -0.394. The largest absolute Gasteiger partial charge is 0.496 e. The summed E-state index contributed by atoms with van der Waals surface area (Å²) in [6.07, 6.45) is 0. The Balaban J connectivity index is 2.15. The molecule has 0 bridgehead atoms. The molecule has 5 nitrogen and oxygen atoms in total. The van der Waals surface area contributed by atoms with Crippen LogP contribution in [0.2, 0.25) is 0 Å². The first-order chi connectivity index (χ1) is 9.69.